The molecule has 132 valence electrons. The molecule has 1 amide bonds. The van der Waals surface area contributed by atoms with Crippen LogP contribution in [-0.2, 0) is 4.79 Å². The van der Waals surface area contributed by atoms with E-state index in [-0.39, 0.29) is 16.7 Å². The van der Waals surface area contributed by atoms with Crippen LogP contribution < -0.4 is 9.54 Å². The summed E-state index contributed by atoms with van der Waals surface area (Å²) in [4.78, 5) is 28.5. The first kappa shape index (κ1) is 17.8. The van der Waals surface area contributed by atoms with E-state index < -0.39 is 0 Å². The van der Waals surface area contributed by atoms with Crippen LogP contribution in [0.4, 0.5) is 0 Å². The number of ketones is 1. The van der Waals surface area contributed by atoms with E-state index >= 15 is 0 Å². The average molecular weight is 367 g/mol. The van der Waals surface area contributed by atoms with E-state index in [1.54, 1.807) is 43.5 Å². The molecule has 1 aromatic heterocycles. The van der Waals surface area contributed by atoms with E-state index in [0.717, 1.165) is 16.9 Å². The van der Waals surface area contributed by atoms with Crippen LogP contribution in [0.25, 0.3) is 5.69 Å². The molecule has 0 N–H and O–H groups in total. The summed E-state index contributed by atoms with van der Waals surface area (Å²) in [7, 11) is 1.58. The molecule has 0 aliphatic heterocycles. The largest absolute Gasteiger partial charge is 0.497 e. The monoisotopic (exact) mass is 367 g/mol. The van der Waals surface area contributed by atoms with Gasteiger partial charge in [-0.05, 0) is 31.2 Å². The summed E-state index contributed by atoms with van der Waals surface area (Å²) in [5.41, 5.74) is 2.30. The minimum absolute atomic E-state index is 0.206. The zero-order chi connectivity index (χ0) is 18.7. The summed E-state index contributed by atoms with van der Waals surface area (Å²) in [5.74, 6) is 0.137. The molecule has 1 heterocycles. The van der Waals surface area contributed by atoms with Crippen molar-refractivity contribution in [3.05, 3.63) is 69.5 Å². The van der Waals surface area contributed by atoms with Crippen LogP contribution >= 0.6 is 11.3 Å². The van der Waals surface area contributed by atoms with Crippen molar-refractivity contribution >= 4 is 23.0 Å². The number of aromatic nitrogens is 2. The second-order valence-electron chi connectivity index (χ2n) is 5.63. The maximum absolute atomic E-state index is 12.7. The Kier molecular flexibility index (Phi) is 5.09. The van der Waals surface area contributed by atoms with Gasteiger partial charge in [0.15, 0.2) is 5.01 Å². The fraction of sp³-hybridized carbons (Fsp3) is 0.158. The Bertz CT molecular complexity index is 1020. The van der Waals surface area contributed by atoms with E-state index in [9.17, 15) is 9.59 Å². The molecule has 0 saturated carbocycles. The van der Waals surface area contributed by atoms with Gasteiger partial charge >= 0.3 is 0 Å². The Balaban J connectivity index is 2.08. The molecule has 2 aromatic carbocycles. The van der Waals surface area contributed by atoms with Gasteiger partial charge in [0.05, 0.1) is 12.8 Å². The van der Waals surface area contributed by atoms with Gasteiger partial charge in [-0.25, -0.2) is 4.68 Å². The van der Waals surface area contributed by atoms with Crippen molar-refractivity contribution in [3.8, 4) is 11.4 Å². The highest BCUT2D eigenvalue weighted by Crippen LogP contribution is 2.16. The maximum Gasteiger partial charge on any atom is 0.245 e. The zero-order valence-corrected chi connectivity index (χ0v) is 15.4. The lowest BCUT2D eigenvalue weighted by Crippen LogP contribution is -2.16. The van der Waals surface area contributed by atoms with E-state index in [0.29, 0.717) is 21.8 Å². The normalized spacial score (nSPS) is 11.4. The van der Waals surface area contributed by atoms with Crippen molar-refractivity contribution < 1.29 is 14.3 Å². The van der Waals surface area contributed by atoms with E-state index in [1.807, 2.05) is 19.1 Å². The molecule has 7 heteroatoms. The molecule has 3 rings (SSSR count). The van der Waals surface area contributed by atoms with Crippen LogP contribution in [0.1, 0.15) is 27.9 Å². The summed E-state index contributed by atoms with van der Waals surface area (Å²) < 4.78 is 6.65. The van der Waals surface area contributed by atoms with Crippen LogP contribution in [0.15, 0.2) is 53.5 Å². The fourth-order valence-electron chi connectivity index (χ4n) is 2.30. The number of ether oxygens (including phenoxy) is 1. The first-order valence-electron chi connectivity index (χ1n) is 7.89. The molecule has 0 saturated heterocycles. The van der Waals surface area contributed by atoms with Crippen molar-refractivity contribution in [2.75, 3.05) is 7.11 Å². The smallest absolute Gasteiger partial charge is 0.245 e. The highest BCUT2D eigenvalue weighted by Gasteiger charge is 2.16. The van der Waals surface area contributed by atoms with Crippen molar-refractivity contribution in [1.82, 2.24) is 9.78 Å². The third-order valence-corrected chi connectivity index (χ3v) is 4.55. The Hall–Kier alpha value is -3.06. The van der Waals surface area contributed by atoms with Gasteiger partial charge in [-0.2, -0.15) is 10.1 Å². The highest BCUT2D eigenvalue weighted by molar-refractivity contribution is 7.11. The average Bonchev–Trinajstić information content (AvgIpc) is 3.05. The van der Waals surface area contributed by atoms with Crippen LogP contribution in [-0.4, -0.2) is 28.6 Å². The zero-order valence-electron chi connectivity index (χ0n) is 14.6. The number of carbonyl (C=O) groups excluding carboxylic acids is 2. The van der Waals surface area contributed by atoms with Gasteiger partial charge in [-0.3, -0.25) is 9.59 Å². The summed E-state index contributed by atoms with van der Waals surface area (Å²) in [6.45, 7) is 3.32. The number of methoxy groups -OCH3 is 1. The number of benzene rings is 2. The van der Waals surface area contributed by atoms with Crippen LogP contribution in [0.2, 0.25) is 0 Å². The third kappa shape index (κ3) is 3.78. The lowest BCUT2D eigenvalue weighted by atomic mass is 10.1. The Morgan fingerprint density at radius 3 is 2.31 bits per heavy atom. The Labute approximate surface area is 154 Å². The predicted molar refractivity (Wildman–Crippen MR) is 98.8 cm³/mol. The van der Waals surface area contributed by atoms with Gasteiger partial charge in [-0.15, -0.1) is 0 Å². The fourth-order valence-corrected chi connectivity index (χ4v) is 3.21. The summed E-state index contributed by atoms with van der Waals surface area (Å²) in [6, 6.07) is 14.4. The third-order valence-electron chi connectivity index (χ3n) is 3.64. The molecule has 6 nitrogen and oxygen atoms in total. The van der Waals surface area contributed by atoms with Gasteiger partial charge in [0.1, 0.15) is 5.75 Å². The molecule has 0 radical (unpaired) electrons. The van der Waals surface area contributed by atoms with Crippen molar-refractivity contribution in [3.63, 3.8) is 0 Å². The number of carbonyl (C=O) groups is 2. The van der Waals surface area contributed by atoms with Gasteiger partial charge in [-0.1, -0.05) is 41.2 Å². The quantitative estimate of drug-likeness (QED) is 0.665. The molecule has 0 spiro atoms. The maximum atomic E-state index is 12.7. The van der Waals surface area contributed by atoms with Crippen LogP contribution in [0.5, 0.6) is 5.75 Å². The lowest BCUT2D eigenvalue weighted by molar-refractivity contribution is -0.116. The number of hydrogen-bond acceptors (Lipinski definition) is 5. The SMILES string of the molecule is COc1ccc(-n2nc(C(=O)c3ccc(C)cc3)sc2=NC(C)=O)cc1. The number of rotatable bonds is 4. The molecule has 3 aromatic rings. The molecular formula is C19H17N3O3S. The number of amides is 1. The molecule has 26 heavy (non-hydrogen) atoms. The number of aryl methyl sites for hydroxylation is 1. The Morgan fingerprint density at radius 2 is 1.73 bits per heavy atom. The minimum Gasteiger partial charge on any atom is -0.497 e. The summed E-state index contributed by atoms with van der Waals surface area (Å²) in [5, 5.41) is 4.65. The van der Waals surface area contributed by atoms with Gasteiger partial charge in [0, 0.05) is 12.5 Å². The second-order valence-corrected chi connectivity index (χ2v) is 6.58. The minimum atomic E-state index is -0.356. The van der Waals surface area contributed by atoms with Crippen molar-refractivity contribution in [1.29, 1.82) is 0 Å². The van der Waals surface area contributed by atoms with Crippen molar-refractivity contribution in [2.45, 2.75) is 13.8 Å². The molecule has 0 bridgehead atoms. The molecule has 0 aliphatic rings. The topological polar surface area (TPSA) is 73.6 Å². The Morgan fingerprint density at radius 1 is 1.08 bits per heavy atom. The number of hydrogen-bond donors (Lipinski definition) is 0. The summed E-state index contributed by atoms with van der Waals surface area (Å²) >= 11 is 1.08. The summed E-state index contributed by atoms with van der Waals surface area (Å²) in [6.07, 6.45) is 0. The second kappa shape index (κ2) is 7.45. The van der Waals surface area contributed by atoms with Crippen LogP contribution in [0.3, 0.4) is 0 Å². The van der Waals surface area contributed by atoms with E-state index in [1.165, 1.54) is 11.6 Å². The van der Waals surface area contributed by atoms with Crippen molar-refractivity contribution in [2.24, 2.45) is 4.99 Å². The molecular weight excluding hydrogens is 350 g/mol. The highest BCUT2D eigenvalue weighted by atomic mass is 32.1. The first-order valence-corrected chi connectivity index (χ1v) is 8.71. The molecule has 0 aliphatic carbocycles. The molecule has 0 fully saturated rings. The molecule has 0 unspecified atom stereocenters. The van der Waals surface area contributed by atoms with Gasteiger partial charge in [0.25, 0.3) is 0 Å². The van der Waals surface area contributed by atoms with Gasteiger partial charge in [0.2, 0.25) is 16.5 Å². The predicted octanol–water partition coefficient (Wildman–Crippen LogP) is 2.93. The van der Waals surface area contributed by atoms with E-state index in [4.69, 9.17) is 4.74 Å². The lowest BCUT2D eigenvalue weighted by Gasteiger charge is -2.03. The van der Waals surface area contributed by atoms with Gasteiger partial charge < -0.3 is 4.74 Å². The number of nitrogens with zero attached hydrogens (tertiary/aromatic N) is 3. The molecule has 0 atom stereocenters. The van der Waals surface area contributed by atoms with E-state index in [2.05, 4.69) is 10.1 Å². The van der Waals surface area contributed by atoms with Crippen LogP contribution in [0, 0.1) is 6.92 Å². The standard InChI is InChI=1S/C19H17N3O3S/c1-12-4-6-14(7-5-12)17(24)18-21-22(19(26-18)20-13(2)23)15-8-10-16(25-3)11-9-15/h4-11H,1-3H3. The first-order chi connectivity index (χ1) is 12.5.